The summed E-state index contributed by atoms with van der Waals surface area (Å²) in [6, 6.07) is 3.69. The molecule has 2 heterocycles. The molecule has 5 heteroatoms. The summed E-state index contributed by atoms with van der Waals surface area (Å²) in [6.07, 6.45) is 3.24. The average Bonchev–Trinajstić information content (AvgIpc) is 2.76. The smallest absolute Gasteiger partial charge is 0.410 e. The molecule has 0 aromatic carbocycles. The van der Waals surface area contributed by atoms with Gasteiger partial charge in [0.2, 0.25) is 0 Å². The Morgan fingerprint density at radius 3 is 2.79 bits per heavy atom. The molecule has 1 aromatic rings. The lowest BCUT2D eigenvalue weighted by molar-refractivity contribution is 0.0221. The van der Waals surface area contributed by atoms with E-state index in [1.54, 1.807) is 11.1 Å². The predicted octanol–water partition coefficient (Wildman–Crippen LogP) is 2.74. The molecule has 19 heavy (non-hydrogen) atoms. The van der Waals surface area contributed by atoms with Crippen molar-refractivity contribution in [2.45, 2.75) is 45.3 Å². The molecule has 1 aliphatic heterocycles. The van der Waals surface area contributed by atoms with E-state index in [1.807, 2.05) is 32.9 Å². The SMILES string of the molecule is CC(C)(C)OC(=O)N1CCC[C@@H]1c1ccc(N)cn1. The largest absolute Gasteiger partial charge is 0.444 e. The molecule has 0 bridgehead atoms. The van der Waals surface area contributed by atoms with Gasteiger partial charge in [0, 0.05) is 6.54 Å². The van der Waals surface area contributed by atoms with Crippen LogP contribution in [0, 0.1) is 0 Å². The van der Waals surface area contributed by atoms with Gasteiger partial charge in [-0.25, -0.2) is 4.79 Å². The zero-order chi connectivity index (χ0) is 14.0. The van der Waals surface area contributed by atoms with E-state index in [4.69, 9.17) is 10.5 Å². The van der Waals surface area contributed by atoms with Gasteiger partial charge in [-0.15, -0.1) is 0 Å². The Balaban J connectivity index is 2.12. The molecule has 0 saturated carbocycles. The van der Waals surface area contributed by atoms with Crippen LogP contribution in [0.5, 0.6) is 0 Å². The molecule has 2 N–H and O–H groups in total. The van der Waals surface area contributed by atoms with Gasteiger partial charge >= 0.3 is 6.09 Å². The van der Waals surface area contributed by atoms with E-state index in [0.29, 0.717) is 12.2 Å². The zero-order valence-electron chi connectivity index (χ0n) is 11.7. The van der Waals surface area contributed by atoms with Crippen molar-refractivity contribution in [2.24, 2.45) is 0 Å². The third-order valence-electron chi connectivity index (χ3n) is 3.03. The number of nitrogens with two attached hydrogens (primary N) is 1. The molecule has 1 amide bonds. The maximum Gasteiger partial charge on any atom is 0.410 e. The van der Waals surface area contributed by atoms with Gasteiger partial charge in [0.1, 0.15) is 5.60 Å². The van der Waals surface area contributed by atoms with E-state index in [2.05, 4.69) is 4.98 Å². The second-order valence-corrected chi connectivity index (χ2v) is 5.85. The third kappa shape index (κ3) is 3.36. The molecule has 1 aliphatic rings. The van der Waals surface area contributed by atoms with Gasteiger partial charge in [-0.1, -0.05) is 0 Å². The number of hydrogen-bond donors (Lipinski definition) is 1. The topological polar surface area (TPSA) is 68.5 Å². The fraction of sp³-hybridized carbons (Fsp3) is 0.571. The Labute approximate surface area is 113 Å². The van der Waals surface area contributed by atoms with Crippen LogP contribution in [-0.4, -0.2) is 28.1 Å². The third-order valence-corrected chi connectivity index (χ3v) is 3.03. The minimum Gasteiger partial charge on any atom is -0.444 e. The minimum atomic E-state index is -0.473. The summed E-state index contributed by atoms with van der Waals surface area (Å²) in [5.74, 6) is 0. The predicted molar refractivity (Wildman–Crippen MR) is 73.6 cm³/mol. The number of pyridine rings is 1. The summed E-state index contributed by atoms with van der Waals surface area (Å²) in [5, 5.41) is 0. The van der Waals surface area contributed by atoms with Crippen LogP contribution in [0.2, 0.25) is 0 Å². The summed E-state index contributed by atoms with van der Waals surface area (Å²) in [4.78, 5) is 18.2. The first-order valence-electron chi connectivity index (χ1n) is 6.58. The van der Waals surface area contributed by atoms with Crippen molar-refractivity contribution in [3.05, 3.63) is 24.0 Å². The lowest BCUT2D eigenvalue weighted by Gasteiger charge is -2.28. The first-order chi connectivity index (χ1) is 8.87. The highest BCUT2D eigenvalue weighted by atomic mass is 16.6. The Kier molecular flexibility index (Phi) is 3.64. The van der Waals surface area contributed by atoms with Crippen molar-refractivity contribution in [3.8, 4) is 0 Å². The molecule has 0 spiro atoms. The fourth-order valence-corrected chi connectivity index (χ4v) is 2.23. The second-order valence-electron chi connectivity index (χ2n) is 5.85. The molecule has 0 unspecified atom stereocenters. The Hall–Kier alpha value is -1.78. The van der Waals surface area contributed by atoms with Crippen LogP contribution in [0.25, 0.3) is 0 Å². The number of aromatic nitrogens is 1. The molecule has 0 aliphatic carbocycles. The fourth-order valence-electron chi connectivity index (χ4n) is 2.23. The molecule has 104 valence electrons. The highest BCUT2D eigenvalue weighted by molar-refractivity contribution is 5.69. The van der Waals surface area contributed by atoms with E-state index in [-0.39, 0.29) is 12.1 Å². The molecule has 0 radical (unpaired) electrons. The molecule has 1 atom stereocenters. The van der Waals surface area contributed by atoms with Gasteiger partial charge in [-0.2, -0.15) is 0 Å². The van der Waals surface area contributed by atoms with Crippen LogP contribution in [0.3, 0.4) is 0 Å². The number of ether oxygens (including phenoxy) is 1. The van der Waals surface area contributed by atoms with Gasteiger partial charge in [-0.05, 0) is 45.7 Å². The first-order valence-corrected chi connectivity index (χ1v) is 6.58. The molecule has 1 aromatic heterocycles. The number of rotatable bonds is 1. The number of hydrogen-bond acceptors (Lipinski definition) is 4. The van der Waals surface area contributed by atoms with Crippen LogP contribution >= 0.6 is 0 Å². The van der Waals surface area contributed by atoms with Gasteiger partial charge in [-0.3, -0.25) is 9.88 Å². The Morgan fingerprint density at radius 1 is 1.47 bits per heavy atom. The zero-order valence-corrected chi connectivity index (χ0v) is 11.7. The van der Waals surface area contributed by atoms with Crippen LogP contribution in [0.1, 0.15) is 45.3 Å². The molecular formula is C14H21N3O2. The summed E-state index contributed by atoms with van der Waals surface area (Å²) < 4.78 is 5.43. The Morgan fingerprint density at radius 2 is 2.21 bits per heavy atom. The normalized spacial score (nSPS) is 19.5. The maximum absolute atomic E-state index is 12.2. The number of carbonyl (C=O) groups is 1. The van der Waals surface area contributed by atoms with Crippen molar-refractivity contribution in [2.75, 3.05) is 12.3 Å². The monoisotopic (exact) mass is 263 g/mol. The second kappa shape index (κ2) is 5.07. The average molecular weight is 263 g/mol. The van der Waals surface area contributed by atoms with Gasteiger partial charge in [0.15, 0.2) is 0 Å². The maximum atomic E-state index is 12.2. The molecular weight excluding hydrogens is 242 g/mol. The van der Waals surface area contributed by atoms with Gasteiger partial charge in [0.25, 0.3) is 0 Å². The number of likely N-dealkylation sites (tertiary alicyclic amines) is 1. The van der Waals surface area contributed by atoms with Gasteiger partial charge in [0.05, 0.1) is 23.6 Å². The van der Waals surface area contributed by atoms with E-state index >= 15 is 0 Å². The van der Waals surface area contributed by atoms with Crippen LogP contribution in [0.4, 0.5) is 10.5 Å². The van der Waals surface area contributed by atoms with Crippen molar-refractivity contribution in [3.63, 3.8) is 0 Å². The standard InChI is InChI=1S/C14H21N3O2/c1-14(2,3)19-13(18)17-8-4-5-12(17)11-7-6-10(15)9-16-11/h6-7,9,12H,4-5,8,15H2,1-3H3/t12-/m1/s1. The van der Waals surface area contributed by atoms with Crippen molar-refractivity contribution >= 4 is 11.8 Å². The van der Waals surface area contributed by atoms with Gasteiger partial charge < -0.3 is 10.5 Å². The lowest BCUT2D eigenvalue weighted by atomic mass is 10.1. The summed E-state index contributed by atoms with van der Waals surface area (Å²) >= 11 is 0. The molecule has 2 rings (SSSR count). The minimum absolute atomic E-state index is 0.00421. The highest BCUT2D eigenvalue weighted by Gasteiger charge is 2.33. The summed E-state index contributed by atoms with van der Waals surface area (Å²) in [5.41, 5.74) is 6.66. The number of anilines is 1. The molecule has 1 saturated heterocycles. The van der Waals surface area contributed by atoms with Crippen LogP contribution in [-0.2, 0) is 4.74 Å². The number of nitrogen functional groups attached to an aromatic ring is 1. The number of amides is 1. The lowest BCUT2D eigenvalue weighted by Crippen LogP contribution is -2.36. The summed E-state index contributed by atoms with van der Waals surface area (Å²) in [7, 11) is 0. The van der Waals surface area contributed by atoms with Crippen molar-refractivity contribution in [1.29, 1.82) is 0 Å². The van der Waals surface area contributed by atoms with E-state index in [0.717, 1.165) is 18.5 Å². The molecule has 1 fully saturated rings. The van der Waals surface area contributed by atoms with Crippen LogP contribution < -0.4 is 5.73 Å². The first kappa shape index (κ1) is 13.6. The van der Waals surface area contributed by atoms with E-state index in [1.165, 1.54) is 0 Å². The Bertz CT molecular complexity index is 451. The number of nitrogens with zero attached hydrogens (tertiary/aromatic N) is 2. The molecule has 5 nitrogen and oxygen atoms in total. The number of carbonyl (C=O) groups excluding carboxylic acids is 1. The van der Waals surface area contributed by atoms with Crippen molar-refractivity contribution in [1.82, 2.24) is 9.88 Å². The summed E-state index contributed by atoms with van der Waals surface area (Å²) in [6.45, 7) is 6.33. The van der Waals surface area contributed by atoms with E-state index < -0.39 is 5.60 Å². The van der Waals surface area contributed by atoms with E-state index in [9.17, 15) is 4.79 Å². The van der Waals surface area contributed by atoms with Crippen molar-refractivity contribution < 1.29 is 9.53 Å². The highest BCUT2D eigenvalue weighted by Crippen LogP contribution is 2.32. The van der Waals surface area contributed by atoms with Crippen LogP contribution in [0.15, 0.2) is 18.3 Å². The quantitative estimate of drug-likeness (QED) is 0.845.